The van der Waals surface area contributed by atoms with Gasteiger partial charge in [0.25, 0.3) is 0 Å². The van der Waals surface area contributed by atoms with Crippen molar-refractivity contribution in [2.75, 3.05) is 59.5 Å². The summed E-state index contributed by atoms with van der Waals surface area (Å²) in [5, 5.41) is 0. The number of aliphatic imine (C=N–C) groups is 9. The van der Waals surface area contributed by atoms with Gasteiger partial charge in [-0.05, 0) is 161 Å². The van der Waals surface area contributed by atoms with Crippen molar-refractivity contribution >= 4 is 60.4 Å². The monoisotopic (exact) mass is 1160 g/mol. The van der Waals surface area contributed by atoms with E-state index < -0.39 is 57.2 Å². The van der Waals surface area contributed by atoms with Crippen molar-refractivity contribution in [2.24, 2.45) is 44.9 Å². The van der Waals surface area contributed by atoms with E-state index in [4.69, 9.17) is 102 Å². The van der Waals surface area contributed by atoms with Crippen molar-refractivity contribution in [2.45, 2.75) is 174 Å². The number of rotatable bonds is 15. The Morgan fingerprint density at radius 3 is 0.576 bits per heavy atom. The predicted molar refractivity (Wildman–Crippen MR) is 326 cm³/mol. The lowest BCUT2D eigenvalue weighted by molar-refractivity contribution is 0.272. The fraction of sp³-hybridized carbons (Fsp3) is 0.571. The Balaban J connectivity index is 1.12. The summed E-state index contributed by atoms with van der Waals surface area (Å²) in [7, 11) is -1.72. The average molecular weight is 1160 g/mol. The molecule has 9 heterocycles. The van der Waals surface area contributed by atoms with E-state index >= 15 is 0 Å². The molecule has 450 valence electrons. The van der Waals surface area contributed by atoms with Crippen LogP contribution >= 0.6 is 0 Å². The molecule has 0 spiro atoms. The minimum atomic E-state index is -1.72. The first-order chi connectivity index (χ1) is 39.6. The van der Waals surface area contributed by atoms with Gasteiger partial charge in [-0.3, -0.25) is 0 Å². The third kappa shape index (κ3) is 11.7. The first kappa shape index (κ1) is 57.8. The smallest absolute Gasteiger partial charge is 0.489 e. The van der Waals surface area contributed by atoms with Gasteiger partial charge in [-0.25, -0.2) is 44.9 Å². The summed E-state index contributed by atoms with van der Waals surface area (Å²) in [6.07, 6.45) is 0. The fourth-order valence-corrected chi connectivity index (χ4v) is 10.7. The Morgan fingerprint density at radius 1 is 0.247 bits per heavy atom. The van der Waals surface area contributed by atoms with Gasteiger partial charge < -0.3 is 56.6 Å². The first-order valence-electron chi connectivity index (χ1n) is 29.2. The maximum atomic E-state index is 7.40. The van der Waals surface area contributed by atoms with Crippen molar-refractivity contribution in [1.29, 1.82) is 0 Å². The van der Waals surface area contributed by atoms with Gasteiger partial charge in [-0.15, -0.1) is 0 Å². The average Bonchev–Trinajstić information content (AvgIpc) is 1.85. The molecule has 0 atom stereocenters. The zero-order valence-electron chi connectivity index (χ0n) is 52.3. The predicted octanol–water partition coefficient (Wildman–Crippen LogP) is 9.21. The van der Waals surface area contributed by atoms with E-state index in [0.29, 0.717) is 125 Å². The van der Waals surface area contributed by atoms with Crippen LogP contribution in [-0.2, 0) is 42.6 Å². The minimum Gasteiger partial charge on any atom is -0.489 e. The molecule has 0 unspecified atom stereocenters. The zero-order valence-corrected chi connectivity index (χ0v) is 52.3. The van der Waals surface area contributed by atoms with Gasteiger partial charge in [0.05, 0.1) is 99.9 Å². The van der Waals surface area contributed by atoms with Crippen LogP contribution < -0.4 is 14.0 Å². The molecule has 0 radical (unpaired) electrons. The molecule has 0 aromatic heterocycles. The second kappa shape index (κ2) is 19.7. The molecule has 85 heavy (non-hydrogen) atoms. The molecular weight excluding hydrogens is 1090 g/mol. The van der Waals surface area contributed by atoms with Crippen molar-refractivity contribution in [3.8, 4) is 17.2 Å². The Kier molecular flexibility index (Phi) is 13.4. The van der Waals surface area contributed by atoms with Crippen molar-refractivity contribution in [3.63, 3.8) is 0 Å². The van der Waals surface area contributed by atoms with Crippen LogP contribution in [-0.4, -0.2) is 170 Å². The van der Waals surface area contributed by atoms with E-state index in [1.54, 1.807) is 18.2 Å². The summed E-state index contributed by atoms with van der Waals surface area (Å²) in [4.78, 5) is 46.1. The van der Waals surface area contributed by atoms with Gasteiger partial charge >= 0.3 is 7.32 Å². The molecule has 3 aromatic carbocycles. The zero-order chi connectivity index (χ0) is 60.7. The van der Waals surface area contributed by atoms with Gasteiger partial charge in [-0.1, -0.05) is 0 Å². The molecule has 9 aliphatic rings. The summed E-state index contributed by atoms with van der Waals surface area (Å²) in [5.41, 5.74) is -0.733. The molecule has 0 aliphatic carbocycles. The van der Waals surface area contributed by atoms with E-state index in [9.17, 15) is 0 Å². The molecule has 21 nitrogen and oxygen atoms in total. The summed E-state index contributed by atoms with van der Waals surface area (Å²) in [6.45, 7) is 38.9. The van der Waals surface area contributed by atoms with Gasteiger partial charge in [0.1, 0.15) is 76.7 Å². The highest BCUT2D eigenvalue weighted by atomic mass is 16.7. The molecule has 0 N–H and O–H groups in total. The highest BCUT2D eigenvalue weighted by Crippen LogP contribution is 2.42. The number of hydrogen-bond donors (Lipinski definition) is 0. The van der Waals surface area contributed by atoms with Crippen LogP contribution in [0.4, 0.5) is 0 Å². The van der Waals surface area contributed by atoms with Crippen LogP contribution in [0.1, 0.15) is 175 Å². The second-order valence-electron chi connectivity index (χ2n) is 28.9. The maximum Gasteiger partial charge on any atom is 0.864 e. The van der Waals surface area contributed by atoms with Crippen molar-refractivity contribution < 1.29 is 56.6 Å². The van der Waals surface area contributed by atoms with Crippen molar-refractivity contribution in [3.05, 3.63) is 86.5 Å². The third-order valence-corrected chi connectivity index (χ3v) is 14.8. The molecular formula is C63H78BN9O12. The van der Waals surface area contributed by atoms with Crippen LogP contribution in [0.2, 0.25) is 0 Å². The van der Waals surface area contributed by atoms with Crippen LogP contribution in [0.3, 0.4) is 0 Å². The molecule has 0 fully saturated rings. The largest absolute Gasteiger partial charge is 0.864 e. The van der Waals surface area contributed by atoms with Gasteiger partial charge in [-0.2, -0.15) is 0 Å². The molecule has 12 rings (SSSR count). The van der Waals surface area contributed by atoms with E-state index in [-0.39, 0.29) is 54.8 Å². The normalized spacial score (nSPS) is 24.1. The molecule has 3 aromatic rings. The first-order valence-corrected chi connectivity index (χ1v) is 29.2. The maximum absolute atomic E-state index is 7.40. The molecule has 0 saturated heterocycles. The second-order valence-corrected chi connectivity index (χ2v) is 28.9. The van der Waals surface area contributed by atoms with E-state index in [2.05, 4.69) is 0 Å². The number of ether oxygens (including phenoxy) is 9. The van der Waals surface area contributed by atoms with E-state index in [1.807, 2.05) is 143 Å². The van der Waals surface area contributed by atoms with E-state index in [0.717, 1.165) is 0 Å². The minimum absolute atomic E-state index is 0.222. The lowest BCUT2D eigenvalue weighted by atomic mass is 9.96. The molecule has 9 aliphatic heterocycles. The molecule has 0 amide bonds. The van der Waals surface area contributed by atoms with Crippen LogP contribution in [0.15, 0.2) is 81.3 Å². The molecule has 0 saturated carbocycles. The fourth-order valence-electron chi connectivity index (χ4n) is 10.7. The highest BCUT2D eigenvalue weighted by molar-refractivity contribution is 6.40. The lowest BCUT2D eigenvalue weighted by Gasteiger charge is -2.24. The summed E-state index contributed by atoms with van der Waals surface area (Å²) >= 11 is 0. The Hall–Kier alpha value is -7.65. The van der Waals surface area contributed by atoms with Gasteiger partial charge in [0.2, 0.25) is 53.1 Å². The molecule has 0 bridgehead atoms. The SMILES string of the molecule is CC1(C)COC(c2ccc(OB(Oc3ccc(C4=NC(C)(C)CO4)c(C4=NC(C)(C)CO4)c3C3=NC(C)(C)CO3)Oc3ccc(C4=NC(C)(C)CO4)c(C4=NC(C)(C)CO4)c3C3=NC(C)(C)CO3)c(C3=NC(C)(C)CO3)c2C2=NC(C)(C)CO2)=N1. The number of nitrogens with zero attached hydrogens (tertiary/aromatic N) is 9. The summed E-state index contributed by atoms with van der Waals surface area (Å²) in [5.74, 6) is 3.68. The summed E-state index contributed by atoms with van der Waals surface area (Å²) < 4.78 is 80.8. The Morgan fingerprint density at radius 2 is 0.412 bits per heavy atom. The van der Waals surface area contributed by atoms with Gasteiger partial charge in [0, 0.05) is 0 Å². The third-order valence-electron chi connectivity index (χ3n) is 14.8. The summed E-state index contributed by atoms with van der Waals surface area (Å²) in [6, 6.07) is 11.0. The Bertz CT molecular complexity index is 3250. The van der Waals surface area contributed by atoms with Crippen LogP contribution in [0.25, 0.3) is 0 Å². The van der Waals surface area contributed by atoms with Crippen molar-refractivity contribution in [1.82, 2.24) is 0 Å². The number of benzene rings is 3. The van der Waals surface area contributed by atoms with E-state index in [1.165, 1.54) is 0 Å². The quantitative estimate of drug-likeness (QED) is 0.130. The topological polar surface area (TPSA) is 222 Å². The standard InChI is InChI=1S/C63H78BN9O12/c1-55(2)25-74-46(65-55)34-19-22-37(43(52-71-61(13,14)31-80-52)40(34)49-68-58(7,8)28-77-49)83-64(84-38-23-20-35(47-66-56(3,4)26-75-47)41(50-69-59(9,10)29-78-50)44(38)53-72-62(15,16)32-81-53)85-39-24-21-36(48-67-57(5,6)27-76-48)42(51-70-60(11,12)30-79-51)45(39)54-73-63(17,18)33-82-54/h19-24H,25-33H2,1-18H3. The van der Waals surface area contributed by atoms with Crippen LogP contribution in [0.5, 0.6) is 17.2 Å². The van der Waals surface area contributed by atoms with Gasteiger partial charge in [0.15, 0.2) is 0 Å². The lowest BCUT2D eigenvalue weighted by Crippen LogP contribution is -2.39. The van der Waals surface area contributed by atoms with Crippen LogP contribution in [0, 0.1) is 0 Å². The molecule has 22 heteroatoms. The highest BCUT2D eigenvalue weighted by Gasteiger charge is 2.47. The Labute approximate surface area is 497 Å². The number of hydrogen-bond acceptors (Lipinski definition) is 21.